The van der Waals surface area contributed by atoms with Crippen molar-refractivity contribution in [1.29, 1.82) is 0 Å². The fraction of sp³-hybridized carbons (Fsp3) is 0.810. The van der Waals surface area contributed by atoms with Gasteiger partial charge in [0.2, 0.25) is 11.8 Å². The van der Waals surface area contributed by atoms with E-state index in [4.69, 9.17) is 15.9 Å². The molecule has 4 aliphatic carbocycles. The molecule has 0 heterocycles. The zero-order valence-electron chi connectivity index (χ0n) is 17.2. The second-order valence-electron chi connectivity index (χ2n) is 9.35. The highest BCUT2D eigenvalue weighted by Gasteiger charge is 2.49. The minimum atomic E-state index is -1.04. The van der Waals surface area contributed by atoms with Gasteiger partial charge >= 0.3 is 11.9 Å². The number of rotatable bonds is 11. The maximum atomic E-state index is 13.0. The van der Waals surface area contributed by atoms with Crippen LogP contribution in [0.15, 0.2) is 0 Å². The van der Waals surface area contributed by atoms with Crippen LogP contribution in [0.25, 0.3) is 0 Å². The van der Waals surface area contributed by atoms with Crippen molar-refractivity contribution in [3.05, 3.63) is 0 Å². The van der Waals surface area contributed by atoms with Crippen molar-refractivity contribution in [1.82, 2.24) is 10.6 Å². The molecule has 0 radical (unpaired) electrons. The first kappa shape index (κ1) is 22.5. The highest BCUT2D eigenvalue weighted by molar-refractivity contribution is 5.90. The van der Waals surface area contributed by atoms with E-state index in [1.54, 1.807) is 0 Å². The number of aliphatic carboxylic acids is 2. The van der Waals surface area contributed by atoms with Crippen LogP contribution >= 0.6 is 0 Å². The average molecular weight is 424 g/mol. The van der Waals surface area contributed by atoms with Crippen molar-refractivity contribution in [2.75, 3.05) is 0 Å². The monoisotopic (exact) mass is 423 g/mol. The minimum Gasteiger partial charge on any atom is -0.481 e. The molecule has 0 aromatic rings. The van der Waals surface area contributed by atoms with E-state index in [-0.39, 0.29) is 44.1 Å². The van der Waals surface area contributed by atoms with E-state index < -0.39 is 29.9 Å². The number of hydrogen-bond donors (Lipinski definition) is 5. The van der Waals surface area contributed by atoms with Crippen molar-refractivity contribution in [2.45, 2.75) is 82.3 Å². The van der Waals surface area contributed by atoms with Crippen LogP contribution < -0.4 is 16.4 Å². The summed E-state index contributed by atoms with van der Waals surface area (Å²) >= 11 is 0. The van der Waals surface area contributed by atoms with Gasteiger partial charge in [0.1, 0.15) is 6.04 Å². The second-order valence-corrected chi connectivity index (χ2v) is 9.35. The summed E-state index contributed by atoms with van der Waals surface area (Å²) in [4.78, 5) is 47.0. The quantitative estimate of drug-likeness (QED) is 0.329. The lowest BCUT2D eigenvalue weighted by molar-refractivity contribution is -0.138. The Balaban J connectivity index is 1.57. The Morgan fingerprint density at radius 2 is 1.40 bits per heavy atom. The summed E-state index contributed by atoms with van der Waals surface area (Å²) in [6, 6.07) is -1.80. The van der Waals surface area contributed by atoms with Gasteiger partial charge in [-0.25, -0.2) is 0 Å². The molecular weight excluding hydrogens is 390 g/mol. The van der Waals surface area contributed by atoms with Gasteiger partial charge in [-0.05, 0) is 75.0 Å². The minimum absolute atomic E-state index is 0.0118. The summed E-state index contributed by atoms with van der Waals surface area (Å²) in [5.74, 6) is -0.423. The van der Waals surface area contributed by atoms with Crippen molar-refractivity contribution in [3.63, 3.8) is 0 Å². The van der Waals surface area contributed by atoms with Crippen LogP contribution in [0.1, 0.15) is 64.2 Å². The topological polar surface area (TPSA) is 159 Å². The molecule has 2 amide bonds. The third-order valence-electron chi connectivity index (χ3n) is 7.06. The Kier molecular flexibility index (Phi) is 7.33. The number of amides is 2. The Labute approximate surface area is 176 Å². The summed E-state index contributed by atoms with van der Waals surface area (Å²) in [6.07, 6.45) is 5.95. The molecule has 9 nitrogen and oxygen atoms in total. The van der Waals surface area contributed by atoms with E-state index in [1.807, 2.05) is 0 Å². The fourth-order valence-electron chi connectivity index (χ4n) is 5.85. The lowest BCUT2D eigenvalue weighted by Crippen LogP contribution is -2.59. The van der Waals surface area contributed by atoms with Crippen LogP contribution in [0, 0.1) is 23.7 Å². The van der Waals surface area contributed by atoms with E-state index in [2.05, 4.69) is 10.6 Å². The summed E-state index contributed by atoms with van der Waals surface area (Å²) in [5, 5.41) is 23.4. The summed E-state index contributed by atoms with van der Waals surface area (Å²) in [7, 11) is 0. The average Bonchev–Trinajstić information content (AvgIpc) is 2.66. The highest BCUT2D eigenvalue weighted by atomic mass is 16.4. The lowest BCUT2D eigenvalue weighted by Gasteiger charge is -2.54. The van der Waals surface area contributed by atoms with Crippen LogP contribution in [0.2, 0.25) is 0 Å². The molecule has 0 unspecified atom stereocenters. The molecule has 0 aromatic carbocycles. The first-order valence-corrected chi connectivity index (χ1v) is 11.0. The van der Waals surface area contributed by atoms with E-state index in [0.29, 0.717) is 11.8 Å². The maximum absolute atomic E-state index is 13.0. The molecular formula is C21H33N3O6. The molecule has 2 atom stereocenters. The number of carbonyl (C=O) groups excluding carboxylic acids is 2. The molecule has 30 heavy (non-hydrogen) atoms. The zero-order chi connectivity index (χ0) is 21.8. The summed E-state index contributed by atoms with van der Waals surface area (Å²) in [5.41, 5.74) is 5.83. The fourth-order valence-corrected chi connectivity index (χ4v) is 5.85. The summed E-state index contributed by atoms with van der Waals surface area (Å²) in [6.45, 7) is 0. The van der Waals surface area contributed by atoms with Crippen LogP contribution in [0.4, 0.5) is 0 Å². The van der Waals surface area contributed by atoms with Gasteiger partial charge in [0.25, 0.3) is 0 Å². The van der Waals surface area contributed by atoms with Crippen molar-refractivity contribution in [3.8, 4) is 0 Å². The molecule has 4 rings (SSSR count). The predicted molar refractivity (Wildman–Crippen MR) is 107 cm³/mol. The first-order chi connectivity index (χ1) is 14.2. The normalized spacial score (nSPS) is 31.0. The van der Waals surface area contributed by atoms with E-state index in [9.17, 15) is 19.2 Å². The standard InChI is InChI=1S/C21H33N3O6/c22-15(2-1-3-17(25)26)20(29)23-16(4-5-18(27)28)21(30)24-19-13-7-11-6-12(9-13)10-14(19)8-11/h11-16,19H,1-10,22H2,(H,23,29)(H,24,30)(H,25,26)(H,27,28)/t11?,12?,13?,14?,15-,16-,19?/m0/s1. The number of carboxylic acid groups (broad SMARTS) is 2. The predicted octanol–water partition coefficient (Wildman–Crippen LogP) is 0.859. The van der Waals surface area contributed by atoms with E-state index >= 15 is 0 Å². The Morgan fingerprint density at radius 1 is 0.833 bits per heavy atom. The van der Waals surface area contributed by atoms with Gasteiger partial charge < -0.3 is 26.6 Å². The van der Waals surface area contributed by atoms with Crippen molar-refractivity contribution < 1.29 is 29.4 Å². The zero-order valence-corrected chi connectivity index (χ0v) is 17.2. The Bertz CT molecular complexity index is 654. The largest absolute Gasteiger partial charge is 0.481 e. The van der Waals surface area contributed by atoms with E-state index in [0.717, 1.165) is 37.5 Å². The number of hydrogen-bond acceptors (Lipinski definition) is 5. The van der Waals surface area contributed by atoms with Gasteiger partial charge in [0.15, 0.2) is 0 Å². The summed E-state index contributed by atoms with van der Waals surface area (Å²) < 4.78 is 0. The number of carboxylic acids is 2. The number of nitrogens with two attached hydrogens (primary N) is 1. The molecule has 168 valence electrons. The number of nitrogens with one attached hydrogen (secondary N) is 2. The van der Waals surface area contributed by atoms with Crippen LogP contribution in [0.5, 0.6) is 0 Å². The molecule has 0 aromatic heterocycles. The van der Waals surface area contributed by atoms with Gasteiger partial charge in [-0.1, -0.05) is 0 Å². The van der Waals surface area contributed by atoms with Gasteiger partial charge in [-0.15, -0.1) is 0 Å². The van der Waals surface area contributed by atoms with Crippen LogP contribution in [-0.2, 0) is 19.2 Å². The third-order valence-corrected chi connectivity index (χ3v) is 7.06. The molecule has 4 bridgehead atoms. The van der Waals surface area contributed by atoms with Gasteiger partial charge in [-0.2, -0.15) is 0 Å². The molecule has 4 fully saturated rings. The molecule has 0 saturated heterocycles. The maximum Gasteiger partial charge on any atom is 0.303 e. The Hall–Kier alpha value is -2.16. The molecule has 4 saturated carbocycles. The van der Waals surface area contributed by atoms with Crippen LogP contribution in [0.3, 0.4) is 0 Å². The second kappa shape index (κ2) is 9.76. The van der Waals surface area contributed by atoms with E-state index in [1.165, 1.54) is 6.42 Å². The molecule has 9 heteroatoms. The van der Waals surface area contributed by atoms with Crippen molar-refractivity contribution >= 4 is 23.8 Å². The third kappa shape index (κ3) is 5.71. The SMILES string of the molecule is N[C@@H](CCCC(=O)O)C(=O)N[C@@H](CCC(=O)O)C(=O)NC1C2CC3CC(C2)CC1C3. The number of carbonyl (C=O) groups is 4. The molecule has 6 N–H and O–H groups in total. The molecule has 0 aliphatic heterocycles. The molecule has 0 spiro atoms. The van der Waals surface area contributed by atoms with Gasteiger partial charge in [0, 0.05) is 18.9 Å². The molecule has 4 aliphatic rings. The highest BCUT2D eigenvalue weighted by Crippen LogP contribution is 2.53. The van der Waals surface area contributed by atoms with Crippen molar-refractivity contribution in [2.24, 2.45) is 29.4 Å². The lowest BCUT2D eigenvalue weighted by atomic mass is 9.54. The van der Waals surface area contributed by atoms with Gasteiger partial charge in [0.05, 0.1) is 6.04 Å². The smallest absolute Gasteiger partial charge is 0.303 e. The first-order valence-electron chi connectivity index (χ1n) is 11.0. The Morgan fingerprint density at radius 3 is 1.93 bits per heavy atom. The van der Waals surface area contributed by atoms with Gasteiger partial charge in [-0.3, -0.25) is 19.2 Å². The van der Waals surface area contributed by atoms with Crippen LogP contribution in [-0.4, -0.2) is 52.1 Å².